The zero-order chi connectivity index (χ0) is 7.82. The number of hydrogen-bond donors (Lipinski definition) is 0. The Morgan fingerprint density at radius 2 is 2.20 bits per heavy atom. The number of alkyl halides is 1. The van der Waals surface area contributed by atoms with Crippen molar-refractivity contribution in [1.29, 1.82) is 0 Å². The maximum Gasteiger partial charge on any atom is 0.143 e. The predicted octanol–water partition coefficient (Wildman–Crippen LogP) is 2.14. The van der Waals surface area contributed by atoms with Crippen molar-refractivity contribution in [2.24, 2.45) is 0 Å². The molecular formula is C8H11BrO. The number of carbonyl (C=O) groups excluding carboxylic acids is 1. The molecule has 0 rings (SSSR count). The minimum atomic E-state index is 0.261. The van der Waals surface area contributed by atoms with E-state index < -0.39 is 0 Å². The summed E-state index contributed by atoms with van der Waals surface area (Å²) in [6, 6.07) is 0. The van der Waals surface area contributed by atoms with E-state index >= 15 is 0 Å². The summed E-state index contributed by atoms with van der Waals surface area (Å²) in [4.78, 5) is 10.7. The third-order valence-corrected chi connectivity index (χ3v) is 1.80. The monoisotopic (exact) mass is 202 g/mol. The van der Waals surface area contributed by atoms with E-state index in [4.69, 9.17) is 6.42 Å². The van der Waals surface area contributed by atoms with Gasteiger partial charge in [0.2, 0.25) is 0 Å². The molecule has 0 aromatic rings. The maximum absolute atomic E-state index is 10.7. The zero-order valence-corrected chi connectivity index (χ0v) is 7.49. The fourth-order valence-corrected chi connectivity index (χ4v) is 0.896. The number of unbranched alkanes of at least 4 members (excludes halogenated alkanes) is 2. The van der Waals surface area contributed by atoms with Crippen LogP contribution in [0.4, 0.5) is 0 Å². The molecule has 0 aromatic carbocycles. The number of terminal acetylenes is 1. The van der Waals surface area contributed by atoms with Crippen molar-refractivity contribution in [2.75, 3.05) is 5.33 Å². The fraction of sp³-hybridized carbons (Fsp3) is 0.625. The minimum absolute atomic E-state index is 0.261. The lowest BCUT2D eigenvalue weighted by atomic mass is 10.1. The number of ketones is 1. The van der Waals surface area contributed by atoms with Crippen LogP contribution >= 0.6 is 15.9 Å². The first kappa shape index (κ1) is 9.71. The van der Waals surface area contributed by atoms with Crippen LogP contribution in [-0.4, -0.2) is 11.1 Å². The Bertz CT molecular complexity index is 135. The highest BCUT2D eigenvalue weighted by molar-refractivity contribution is 9.09. The second-order valence-electron chi connectivity index (χ2n) is 2.08. The van der Waals surface area contributed by atoms with Gasteiger partial charge in [-0.2, -0.15) is 0 Å². The van der Waals surface area contributed by atoms with E-state index in [9.17, 15) is 4.79 Å². The second kappa shape index (κ2) is 6.82. The summed E-state index contributed by atoms with van der Waals surface area (Å²) in [7, 11) is 0. The summed E-state index contributed by atoms with van der Waals surface area (Å²) in [6.45, 7) is 0. The Morgan fingerprint density at radius 3 is 2.70 bits per heavy atom. The molecule has 1 nitrogen and oxygen atoms in total. The lowest BCUT2D eigenvalue weighted by Crippen LogP contribution is -1.97. The number of rotatable bonds is 5. The van der Waals surface area contributed by atoms with Gasteiger partial charge in [-0.1, -0.05) is 15.9 Å². The van der Waals surface area contributed by atoms with Gasteiger partial charge in [0.05, 0.1) is 5.33 Å². The van der Waals surface area contributed by atoms with Gasteiger partial charge in [-0.15, -0.1) is 12.3 Å². The molecule has 0 saturated carbocycles. The van der Waals surface area contributed by atoms with Gasteiger partial charge >= 0.3 is 0 Å². The van der Waals surface area contributed by atoms with Crippen LogP contribution in [0.5, 0.6) is 0 Å². The van der Waals surface area contributed by atoms with Crippen LogP contribution in [0.3, 0.4) is 0 Å². The normalized spacial score (nSPS) is 8.80. The van der Waals surface area contributed by atoms with Crippen LogP contribution in [0.15, 0.2) is 0 Å². The smallest absolute Gasteiger partial charge is 0.143 e. The fourth-order valence-electron chi connectivity index (χ4n) is 0.616. The molecule has 0 bridgehead atoms. The van der Waals surface area contributed by atoms with Gasteiger partial charge in [-0.25, -0.2) is 0 Å². The number of Topliss-reactive ketones (excluding diaryl/α,β-unsaturated/α-hetero) is 1. The zero-order valence-electron chi connectivity index (χ0n) is 5.90. The molecule has 0 N–H and O–H groups in total. The Morgan fingerprint density at radius 1 is 1.50 bits per heavy atom. The molecule has 0 aromatic heterocycles. The molecule has 10 heavy (non-hydrogen) atoms. The van der Waals surface area contributed by atoms with E-state index in [1.165, 1.54) is 0 Å². The molecule has 0 aliphatic heterocycles. The average molecular weight is 203 g/mol. The van der Waals surface area contributed by atoms with Crippen molar-refractivity contribution in [3.05, 3.63) is 0 Å². The van der Waals surface area contributed by atoms with E-state index in [1.54, 1.807) is 0 Å². The lowest BCUT2D eigenvalue weighted by molar-refractivity contribution is -0.116. The molecule has 0 spiro atoms. The molecule has 0 fully saturated rings. The van der Waals surface area contributed by atoms with Gasteiger partial charge in [-0.05, 0) is 12.8 Å². The van der Waals surface area contributed by atoms with E-state index in [0.717, 1.165) is 19.3 Å². The lowest BCUT2D eigenvalue weighted by Gasteiger charge is -1.93. The molecule has 0 aliphatic rings. The van der Waals surface area contributed by atoms with Crippen molar-refractivity contribution < 1.29 is 4.79 Å². The second-order valence-corrected chi connectivity index (χ2v) is 2.64. The van der Waals surface area contributed by atoms with Crippen LogP contribution in [0.1, 0.15) is 25.7 Å². The van der Waals surface area contributed by atoms with Crippen molar-refractivity contribution >= 4 is 21.7 Å². The molecule has 0 unspecified atom stereocenters. The third-order valence-electron chi connectivity index (χ3n) is 1.18. The Balaban J connectivity index is 3.05. The molecule has 0 aliphatic carbocycles. The molecule has 0 radical (unpaired) electrons. The Labute approximate surface area is 70.3 Å². The minimum Gasteiger partial charge on any atom is -0.299 e. The summed E-state index contributed by atoms with van der Waals surface area (Å²) >= 11 is 3.09. The standard InChI is InChI=1S/C8H11BrO/c1-2-3-4-5-6-8(10)7-9/h1H,3-7H2. The first-order valence-electron chi connectivity index (χ1n) is 3.32. The summed E-state index contributed by atoms with van der Waals surface area (Å²) in [6.07, 6.45) is 8.37. The van der Waals surface area contributed by atoms with E-state index in [-0.39, 0.29) is 5.78 Å². The molecular weight excluding hydrogens is 192 g/mol. The molecule has 0 atom stereocenters. The van der Waals surface area contributed by atoms with Crippen LogP contribution in [0, 0.1) is 12.3 Å². The largest absolute Gasteiger partial charge is 0.299 e. The summed E-state index contributed by atoms with van der Waals surface area (Å²) in [5.41, 5.74) is 0. The maximum atomic E-state index is 10.7. The summed E-state index contributed by atoms with van der Waals surface area (Å²) < 4.78 is 0. The highest BCUT2D eigenvalue weighted by Gasteiger charge is 1.96. The Kier molecular flexibility index (Phi) is 6.63. The van der Waals surface area contributed by atoms with Crippen molar-refractivity contribution in [3.63, 3.8) is 0 Å². The third kappa shape index (κ3) is 5.84. The van der Waals surface area contributed by atoms with Crippen molar-refractivity contribution in [1.82, 2.24) is 0 Å². The summed E-state index contributed by atoms with van der Waals surface area (Å²) in [5.74, 6) is 2.80. The predicted molar refractivity (Wildman–Crippen MR) is 46.1 cm³/mol. The van der Waals surface area contributed by atoms with Crippen LogP contribution in [0.25, 0.3) is 0 Å². The van der Waals surface area contributed by atoms with Gasteiger partial charge < -0.3 is 0 Å². The quantitative estimate of drug-likeness (QED) is 0.380. The van der Waals surface area contributed by atoms with E-state index in [2.05, 4.69) is 21.9 Å². The number of halogens is 1. The topological polar surface area (TPSA) is 17.1 Å². The molecule has 56 valence electrons. The molecule has 0 saturated heterocycles. The first-order chi connectivity index (χ1) is 4.81. The van der Waals surface area contributed by atoms with Crippen LogP contribution in [-0.2, 0) is 4.79 Å². The highest BCUT2D eigenvalue weighted by atomic mass is 79.9. The van der Waals surface area contributed by atoms with Gasteiger partial charge in [0, 0.05) is 12.8 Å². The van der Waals surface area contributed by atoms with Gasteiger partial charge in [-0.3, -0.25) is 4.79 Å². The van der Waals surface area contributed by atoms with Crippen molar-refractivity contribution in [3.8, 4) is 12.3 Å². The molecule has 0 amide bonds. The van der Waals surface area contributed by atoms with Gasteiger partial charge in [0.25, 0.3) is 0 Å². The first-order valence-corrected chi connectivity index (χ1v) is 4.44. The van der Waals surface area contributed by atoms with E-state index in [0.29, 0.717) is 11.8 Å². The summed E-state index contributed by atoms with van der Waals surface area (Å²) in [5, 5.41) is 0.475. The van der Waals surface area contributed by atoms with Gasteiger partial charge in [0.1, 0.15) is 5.78 Å². The SMILES string of the molecule is C#CCCCCC(=O)CBr. The Hall–Kier alpha value is -0.290. The van der Waals surface area contributed by atoms with Crippen LogP contribution < -0.4 is 0 Å². The molecule has 0 heterocycles. The average Bonchev–Trinajstić information content (AvgIpc) is 1.98. The number of carbonyl (C=O) groups is 1. The number of hydrogen-bond acceptors (Lipinski definition) is 1. The highest BCUT2D eigenvalue weighted by Crippen LogP contribution is 2.00. The molecule has 2 heteroatoms. The van der Waals surface area contributed by atoms with Gasteiger partial charge in [0.15, 0.2) is 0 Å². The van der Waals surface area contributed by atoms with E-state index in [1.807, 2.05) is 0 Å². The van der Waals surface area contributed by atoms with Crippen molar-refractivity contribution in [2.45, 2.75) is 25.7 Å². The van der Waals surface area contributed by atoms with Crippen LogP contribution in [0.2, 0.25) is 0 Å².